The molecule has 1 aromatic carbocycles. The minimum Gasteiger partial charge on any atom is -0.242 e. The molecule has 2 nitrogen and oxygen atoms in total. The van der Waals surface area contributed by atoms with Gasteiger partial charge in [-0.1, -0.05) is 44.2 Å². The Hall–Kier alpha value is -0.670. The van der Waals surface area contributed by atoms with Crippen molar-refractivity contribution in [1.29, 1.82) is 0 Å². The molecule has 0 aliphatic carbocycles. The van der Waals surface area contributed by atoms with Gasteiger partial charge in [-0.3, -0.25) is 0 Å². The maximum absolute atomic E-state index is 12.4. The number of rotatable bonds is 5. The molecule has 0 radical (unpaired) electrons. The minimum absolute atomic E-state index is 0.256. The fourth-order valence-electron chi connectivity index (χ4n) is 2.20. The number of hydrogen-bond acceptors (Lipinski definition) is 1. The summed E-state index contributed by atoms with van der Waals surface area (Å²) in [5.74, 6) is 0.537. The van der Waals surface area contributed by atoms with Gasteiger partial charge in [0.05, 0.1) is 21.3 Å². The molecule has 1 aromatic rings. The Kier molecular flexibility index (Phi) is 5.34. The van der Waals surface area contributed by atoms with E-state index in [0.29, 0.717) is 5.92 Å². The van der Waals surface area contributed by atoms with Gasteiger partial charge in [-0.2, -0.15) is 0 Å². The van der Waals surface area contributed by atoms with E-state index in [2.05, 4.69) is 37.6 Å². The summed E-state index contributed by atoms with van der Waals surface area (Å²) in [5.41, 5.74) is 0.939. The fraction of sp³-hybridized carbons (Fsp3) is 0.625. The second kappa shape index (κ2) is 6.19. The van der Waals surface area contributed by atoms with Crippen LogP contribution in [-0.4, -0.2) is 8.96 Å². The lowest BCUT2D eigenvalue weighted by molar-refractivity contribution is 0.349. The number of nitrogens with one attached hydrogen (secondary N) is 1. The summed E-state index contributed by atoms with van der Waals surface area (Å²) in [6.07, 6.45) is 0.957. The van der Waals surface area contributed by atoms with Gasteiger partial charge < -0.3 is 0 Å². The van der Waals surface area contributed by atoms with Gasteiger partial charge in [-0.15, -0.1) is 0 Å². The Balaban J connectivity index is 3.04. The van der Waals surface area contributed by atoms with Crippen LogP contribution in [0.5, 0.6) is 0 Å². The first-order valence-corrected chi connectivity index (χ1v) is 8.05. The lowest BCUT2D eigenvalue weighted by atomic mass is 9.85. The molecule has 1 unspecified atom stereocenters. The van der Waals surface area contributed by atoms with Crippen LogP contribution in [0.3, 0.4) is 0 Å². The van der Waals surface area contributed by atoms with E-state index >= 15 is 0 Å². The molecular weight excluding hydrogens is 254 g/mol. The van der Waals surface area contributed by atoms with Crippen LogP contribution in [-0.2, 0) is 16.5 Å². The fourth-order valence-corrected chi connectivity index (χ4v) is 3.12. The first-order chi connectivity index (χ1) is 8.65. The summed E-state index contributed by atoms with van der Waals surface area (Å²) < 4.78 is 15.5. The van der Waals surface area contributed by atoms with E-state index in [1.165, 1.54) is 5.56 Å². The van der Waals surface area contributed by atoms with E-state index in [1.807, 2.05) is 39.0 Å². The zero-order valence-electron chi connectivity index (χ0n) is 13.0. The molecule has 3 heteroatoms. The molecule has 0 fully saturated rings. The van der Waals surface area contributed by atoms with Gasteiger partial charge in [0.15, 0.2) is 0 Å². The number of hydrogen-bond donors (Lipinski definition) is 1. The van der Waals surface area contributed by atoms with E-state index in [0.717, 1.165) is 6.42 Å². The standard InChI is InChI=1S/C16H27NOS/c1-13(2)12-16(6,14-10-8-7-9-11-14)17-19(18)15(3,4)5/h7-11,13,17H,12H2,1-6H3/t16-,19?/m1/s1. The minimum atomic E-state index is -1.07. The summed E-state index contributed by atoms with van der Waals surface area (Å²) >= 11 is 0. The van der Waals surface area contributed by atoms with Crippen LogP contribution < -0.4 is 4.72 Å². The van der Waals surface area contributed by atoms with Crippen LogP contribution in [0, 0.1) is 5.92 Å². The molecule has 2 atom stereocenters. The average molecular weight is 281 g/mol. The predicted molar refractivity (Wildman–Crippen MR) is 84.3 cm³/mol. The molecule has 0 saturated heterocycles. The molecular formula is C16H27NOS. The van der Waals surface area contributed by atoms with Gasteiger partial charge in [0.1, 0.15) is 0 Å². The van der Waals surface area contributed by atoms with Crippen LogP contribution in [0.25, 0.3) is 0 Å². The molecule has 0 aromatic heterocycles. The zero-order chi connectivity index (χ0) is 14.7. The van der Waals surface area contributed by atoms with Crippen LogP contribution in [0.15, 0.2) is 30.3 Å². The Morgan fingerprint density at radius 2 is 1.63 bits per heavy atom. The van der Waals surface area contributed by atoms with Crippen LogP contribution in [0.2, 0.25) is 0 Å². The zero-order valence-corrected chi connectivity index (χ0v) is 13.8. The van der Waals surface area contributed by atoms with Crippen molar-refractivity contribution in [2.75, 3.05) is 0 Å². The van der Waals surface area contributed by atoms with Crippen LogP contribution >= 0.6 is 0 Å². The van der Waals surface area contributed by atoms with Crippen LogP contribution in [0.4, 0.5) is 0 Å². The van der Waals surface area contributed by atoms with Gasteiger partial charge in [0.2, 0.25) is 0 Å². The van der Waals surface area contributed by atoms with Crippen molar-refractivity contribution in [1.82, 2.24) is 4.72 Å². The van der Waals surface area contributed by atoms with Crippen molar-refractivity contribution in [3.63, 3.8) is 0 Å². The predicted octanol–water partition coefficient (Wildman–Crippen LogP) is 4.00. The second-order valence-electron chi connectivity index (χ2n) is 6.78. The molecule has 0 amide bonds. The Morgan fingerprint density at radius 1 is 1.11 bits per heavy atom. The first-order valence-electron chi connectivity index (χ1n) is 6.90. The highest BCUT2D eigenvalue weighted by Gasteiger charge is 2.32. The molecule has 19 heavy (non-hydrogen) atoms. The highest BCUT2D eigenvalue weighted by Crippen LogP contribution is 2.30. The SMILES string of the molecule is CC(C)C[C@@](C)(NS(=O)C(C)(C)C)c1ccccc1. The Bertz CT molecular complexity index is 422. The molecule has 108 valence electrons. The van der Waals surface area contributed by atoms with Gasteiger partial charge in [0.25, 0.3) is 0 Å². The van der Waals surface area contributed by atoms with Crippen molar-refractivity contribution < 1.29 is 4.21 Å². The molecule has 1 N–H and O–H groups in total. The van der Waals surface area contributed by atoms with E-state index in [1.54, 1.807) is 0 Å². The summed E-state index contributed by atoms with van der Waals surface area (Å²) in [6, 6.07) is 10.3. The third kappa shape index (κ3) is 4.73. The third-order valence-electron chi connectivity index (χ3n) is 3.10. The molecule has 1 rings (SSSR count). The van der Waals surface area contributed by atoms with E-state index in [4.69, 9.17) is 0 Å². The lowest BCUT2D eigenvalue weighted by Crippen LogP contribution is -2.46. The normalized spacial score (nSPS) is 17.2. The summed E-state index contributed by atoms with van der Waals surface area (Å²) in [4.78, 5) is 0. The summed E-state index contributed by atoms with van der Waals surface area (Å²) in [5, 5.41) is 0. The number of benzene rings is 1. The quantitative estimate of drug-likeness (QED) is 0.868. The molecule has 0 aliphatic rings. The van der Waals surface area contributed by atoms with Gasteiger partial charge in [0, 0.05) is 0 Å². The van der Waals surface area contributed by atoms with E-state index in [9.17, 15) is 4.21 Å². The summed E-state index contributed by atoms with van der Waals surface area (Å²) in [7, 11) is -1.07. The average Bonchev–Trinajstić information content (AvgIpc) is 2.27. The molecule has 0 spiro atoms. The van der Waals surface area contributed by atoms with E-state index in [-0.39, 0.29) is 10.3 Å². The maximum atomic E-state index is 12.4. The topological polar surface area (TPSA) is 29.1 Å². The maximum Gasteiger partial charge on any atom is 0.0978 e. The van der Waals surface area contributed by atoms with Crippen molar-refractivity contribution in [3.05, 3.63) is 35.9 Å². The molecule has 0 heterocycles. The van der Waals surface area contributed by atoms with Gasteiger partial charge in [-0.05, 0) is 45.6 Å². The second-order valence-corrected chi connectivity index (χ2v) is 8.75. The molecule has 0 saturated carbocycles. The monoisotopic (exact) mass is 281 g/mol. The molecule has 0 bridgehead atoms. The van der Waals surface area contributed by atoms with Gasteiger partial charge in [-0.25, -0.2) is 8.93 Å². The smallest absolute Gasteiger partial charge is 0.0978 e. The third-order valence-corrected chi connectivity index (χ3v) is 4.85. The van der Waals surface area contributed by atoms with Crippen molar-refractivity contribution >= 4 is 11.0 Å². The Labute approximate surface area is 120 Å². The largest absolute Gasteiger partial charge is 0.242 e. The Morgan fingerprint density at radius 3 is 2.05 bits per heavy atom. The highest BCUT2D eigenvalue weighted by molar-refractivity contribution is 7.84. The van der Waals surface area contributed by atoms with Crippen molar-refractivity contribution in [2.24, 2.45) is 5.92 Å². The summed E-state index contributed by atoms with van der Waals surface area (Å²) in [6.45, 7) is 12.5. The highest BCUT2D eigenvalue weighted by atomic mass is 32.2. The van der Waals surface area contributed by atoms with Crippen molar-refractivity contribution in [3.8, 4) is 0 Å². The first kappa shape index (κ1) is 16.4. The lowest BCUT2D eigenvalue weighted by Gasteiger charge is -2.35. The van der Waals surface area contributed by atoms with Crippen LogP contribution in [0.1, 0.15) is 53.5 Å². The van der Waals surface area contributed by atoms with E-state index < -0.39 is 11.0 Å². The van der Waals surface area contributed by atoms with Gasteiger partial charge >= 0.3 is 0 Å². The molecule has 0 aliphatic heterocycles. The van der Waals surface area contributed by atoms with Crippen molar-refractivity contribution in [2.45, 2.75) is 58.2 Å².